The highest BCUT2D eigenvalue weighted by Crippen LogP contribution is 2.47. The fourth-order valence-electron chi connectivity index (χ4n) is 3.11. The molecule has 0 heterocycles. The van der Waals surface area contributed by atoms with E-state index in [2.05, 4.69) is 19.2 Å². The molecule has 0 aliphatic heterocycles. The van der Waals surface area contributed by atoms with E-state index in [1.54, 1.807) is 19.1 Å². The van der Waals surface area contributed by atoms with Gasteiger partial charge >= 0.3 is 12.1 Å². The molecule has 0 fully saturated rings. The van der Waals surface area contributed by atoms with E-state index in [4.69, 9.17) is 14.2 Å². The lowest BCUT2D eigenvalue weighted by atomic mass is 10.00. The van der Waals surface area contributed by atoms with Crippen LogP contribution in [0.1, 0.15) is 38.8 Å². The van der Waals surface area contributed by atoms with Crippen molar-refractivity contribution in [1.29, 1.82) is 0 Å². The predicted octanol–water partition coefficient (Wildman–Crippen LogP) is 4.20. The van der Waals surface area contributed by atoms with Crippen molar-refractivity contribution in [1.82, 2.24) is 0 Å². The summed E-state index contributed by atoms with van der Waals surface area (Å²) in [6.45, 7) is 7.38. The third-order valence-corrected chi connectivity index (χ3v) is 4.25. The van der Waals surface area contributed by atoms with Crippen LogP contribution >= 0.6 is 0 Å². The van der Waals surface area contributed by atoms with Crippen LogP contribution in [0.2, 0.25) is 0 Å². The molecule has 1 amide bonds. The van der Waals surface area contributed by atoms with Crippen LogP contribution in [0.5, 0.6) is 5.75 Å². The Balaban J connectivity index is 2.67. The minimum atomic E-state index is -0.844. The van der Waals surface area contributed by atoms with Gasteiger partial charge in [-0.25, -0.2) is 4.79 Å². The van der Waals surface area contributed by atoms with Gasteiger partial charge in [0.25, 0.3) is 0 Å². The van der Waals surface area contributed by atoms with Gasteiger partial charge in [-0.2, -0.15) is 0 Å². The van der Waals surface area contributed by atoms with E-state index in [0.717, 1.165) is 16.7 Å². The Morgan fingerprint density at radius 3 is 2.28 bits per heavy atom. The van der Waals surface area contributed by atoms with Gasteiger partial charge in [-0.15, -0.1) is 0 Å². The average Bonchev–Trinajstić information content (AvgIpc) is 2.78. The molecule has 0 atom stereocenters. The fraction of sp³-hybridized carbons (Fsp3) is 0.409. The number of esters is 1. The number of carbonyl (C=O) groups excluding carboxylic acids is 3. The first-order valence-electron chi connectivity index (χ1n) is 9.53. The second-order valence-corrected chi connectivity index (χ2v) is 7.07. The summed E-state index contributed by atoms with van der Waals surface area (Å²) in [6.07, 6.45) is -0.0578. The summed E-state index contributed by atoms with van der Waals surface area (Å²) >= 11 is 0. The van der Waals surface area contributed by atoms with Gasteiger partial charge in [0.1, 0.15) is 0 Å². The van der Waals surface area contributed by atoms with Crippen molar-refractivity contribution in [3.05, 3.63) is 35.4 Å². The van der Waals surface area contributed by atoms with Crippen LogP contribution in [0.15, 0.2) is 24.3 Å². The Labute approximate surface area is 170 Å². The lowest BCUT2D eigenvalue weighted by molar-refractivity contribution is -0.139. The molecule has 0 saturated heterocycles. The second kappa shape index (κ2) is 9.91. The topological polar surface area (TPSA) is 90.9 Å². The van der Waals surface area contributed by atoms with E-state index in [1.165, 1.54) is 14.0 Å². The molecular formula is C22H27NO6. The lowest BCUT2D eigenvalue weighted by Crippen LogP contribution is -2.13. The van der Waals surface area contributed by atoms with Crippen molar-refractivity contribution < 1.29 is 28.6 Å². The number of carbonyl (C=O) groups is 3. The molecule has 0 radical (unpaired) electrons. The molecule has 0 aromatic carbocycles. The van der Waals surface area contributed by atoms with Crippen LogP contribution in [0.25, 0.3) is 11.1 Å². The minimum Gasteiger partial charge on any atom is -0.469 e. The molecule has 7 nitrogen and oxygen atoms in total. The van der Waals surface area contributed by atoms with Crippen LogP contribution < -0.4 is 10.1 Å². The Bertz CT molecular complexity index is 874. The zero-order chi connectivity index (χ0) is 21.6. The summed E-state index contributed by atoms with van der Waals surface area (Å²) in [5, 5.41) is 2.80. The number of methoxy groups -OCH3 is 1. The molecule has 156 valence electrons. The molecule has 2 aliphatic carbocycles. The number of ether oxygens (including phenoxy) is 3. The van der Waals surface area contributed by atoms with E-state index < -0.39 is 6.16 Å². The average molecular weight is 401 g/mol. The van der Waals surface area contributed by atoms with Crippen molar-refractivity contribution in [3.63, 3.8) is 0 Å². The quantitative estimate of drug-likeness (QED) is 0.699. The highest BCUT2D eigenvalue weighted by Gasteiger charge is 2.27. The highest BCUT2D eigenvalue weighted by atomic mass is 16.7. The number of amides is 1. The largest absolute Gasteiger partial charge is 0.513 e. The smallest absolute Gasteiger partial charge is 0.469 e. The maximum absolute atomic E-state index is 12.0. The van der Waals surface area contributed by atoms with Gasteiger partial charge in [0.2, 0.25) is 5.91 Å². The molecular weight excluding hydrogens is 374 g/mol. The Morgan fingerprint density at radius 1 is 1.07 bits per heavy atom. The van der Waals surface area contributed by atoms with Crippen LogP contribution in [0.3, 0.4) is 0 Å². The van der Waals surface area contributed by atoms with Gasteiger partial charge in [-0.05, 0) is 36.0 Å². The summed E-state index contributed by atoms with van der Waals surface area (Å²) in [6, 6.07) is 7.24. The van der Waals surface area contributed by atoms with Crippen molar-refractivity contribution >= 4 is 23.7 Å². The SMILES string of the molecule is CCOC(=O)Oc1c2ccc(CC(=O)OC)ccc-2c(CC(C)C)c1NC(C)=O. The molecule has 2 aliphatic rings. The van der Waals surface area contributed by atoms with Crippen molar-refractivity contribution in [2.75, 3.05) is 19.0 Å². The van der Waals surface area contributed by atoms with Gasteiger partial charge in [0, 0.05) is 12.5 Å². The zero-order valence-electron chi connectivity index (χ0n) is 17.5. The van der Waals surface area contributed by atoms with E-state index in [9.17, 15) is 14.4 Å². The number of rotatable bonds is 7. The first kappa shape index (κ1) is 22.2. The van der Waals surface area contributed by atoms with Gasteiger partial charge in [0.15, 0.2) is 5.75 Å². The Hall–Kier alpha value is -3.09. The molecule has 0 aromatic heterocycles. The maximum Gasteiger partial charge on any atom is 0.513 e. The molecule has 0 spiro atoms. The number of hydrogen-bond acceptors (Lipinski definition) is 6. The molecule has 0 unspecified atom stereocenters. The molecule has 0 aromatic rings. The number of hydrogen-bond donors (Lipinski definition) is 1. The van der Waals surface area contributed by atoms with Crippen molar-refractivity contribution in [2.45, 2.75) is 40.5 Å². The number of fused-ring (bicyclic) bond motifs is 1. The van der Waals surface area contributed by atoms with E-state index in [0.29, 0.717) is 23.6 Å². The first-order valence-corrected chi connectivity index (χ1v) is 9.53. The van der Waals surface area contributed by atoms with Gasteiger partial charge in [-0.1, -0.05) is 38.1 Å². The van der Waals surface area contributed by atoms with Crippen molar-refractivity contribution in [3.8, 4) is 16.9 Å². The molecule has 0 bridgehead atoms. The highest BCUT2D eigenvalue weighted by molar-refractivity contribution is 5.99. The van der Waals surface area contributed by atoms with Crippen LogP contribution in [0.4, 0.5) is 10.5 Å². The van der Waals surface area contributed by atoms with Crippen LogP contribution in [0, 0.1) is 5.92 Å². The minimum absolute atomic E-state index is 0.125. The summed E-state index contributed by atoms with van der Waals surface area (Å²) in [4.78, 5) is 35.5. The first-order chi connectivity index (χ1) is 13.8. The third-order valence-electron chi connectivity index (χ3n) is 4.25. The van der Waals surface area contributed by atoms with Crippen molar-refractivity contribution in [2.24, 2.45) is 5.92 Å². The molecule has 29 heavy (non-hydrogen) atoms. The molecule has 2 rings (SSSR count). The zero-order valence-corrected chi connectivity index (χ0v) is 17.5. The van der Waals surface area contributed by atoms with E-state index >= 15 is 0 Å². The monoisotopic (exact) mass is 401 g/mol. The third kappa shape index (κ3) is 5.70. The Kier molecular flexibility index (Phi) is 7.59. The van der Waals surface area contributed by atoms with Gasteiger partial charge in [0.05, 0.1) is 25.8 Å². The lowest BCUT2D eigenvalue weighted by Gasteiger charge is -2.10. The Morgan fingerprint density at radius 2 is 1.72 bits per heavy atom. The van der Waals surface area contributed by atoms with Gasteiger partial charge in [-0.3, -0.25) is 9.59 Å². The molecule has 0 saturated carbocycles. The standard InChI is InChI=1S/C22H27NO6/c1-6-28-22(26)29-21-17-10-8-15(12-19(25)27-5)7-9-16(17)18(11-13(2)3)20(21)23-14(4)24/h7-10,13H,6,11-12H2,1-5H3,(H,23,24). The summed E-state index contributed by atoms with van der Waals surface area (Å²) < 4.78 is 15.1. The van der Waals surface area contributed by atoms with Crippen LogP contribution in [-0.2, 0) is 31.9 Å². The predicted molar refractivity (Wildman–Crippen MR) is 109 cm³/mol. The van der Waals surface area contributed by atoms with Gasteiger partial charge < -0.3 is 19.5 Å². The molecule has 7 heteroatoms. The normalized spacial score (nSPS) is 10.7. The molecule has 1 N–H and O–H groups in total. The van der Waals surface area contributed by atoms with E-state index in [1.807, 2.05) is 12.1 Å². The van der Waals surface area contributed by atoms with E-state index in [-0.39, 0.29) is 30.7 Å². The fourth-order valence-corrected chi connectivity index (χ4v) is 3.11. The van der Waals surface area contributed by atoms with Crippen LogP contribution in [-0.4, -0.2) is 31.7 Å². The summed E-state index contributed by atoms with van der Waals surface area (Å²) in [5.74, 6) is -0.0804. The second-order valence-electron chi connectivity index (χ2n) is 7.07. The summed E-state index contributed by atoms with van der Waals surface area (Å²) in [5.41, 5.74) is 3.57. The summed E-state index contributed by atoms with van der Waals surface area (Å²) in [7, 11) is 1.34. The maximum atomic E-state index is 12.0. The number of nitrogens with one attached hydrogen (secondary N) is 1. The number of anilines is 1.